The van der Waals surface area contributed by atoms with Gasteiger partial charge in [0.05, 0.1) is 5.75 Å². The van der Waals surface area contributed by atoms with Crippen LogP contribution in [-0.2, 0) is 5.75 Å². The zero-order valence-corrected chi connectivity index (χ0v) is 11.2. The lowest BCUT2D eigenvalue weighted by atomic mass is 10.2. The maximum atomic E-state index is 10.7. The molecule has 1 aromatic heterocycles. The Kier molecular flexibility index (Phi) is 4.15. The molecule has 2 aromatic rings. The van der Waals surface area contributed by atoms with Crippen molar-refractivity contribution >= 4 is 18.0 Å². The van der Waals surface area contributed by atoms with Crippen LogP contribution in [0, 0.1) is 0 Å². The summed E-state index contributed by atoms with van der Waals surface area (Å²) in [6, 6.07) is 7.87. The summed E-state index contributed by atoms with van der Waals surface area (Å²) in [5, 5.41) is 4.20. The number of hydrogen-bond donors (Lipinski definition) is 0. The second kappa shape index (κ2) is 5.82. The highest BCUT2D eigenvalue weighted by molar-refractivity contribution is 7.98. The second-order valence-corrected chi connectivity index (χ2v) is 5.24. The first-order valence-electron chi connectivity index (χ1n) is 5.77. The highest BCUT2D eigenvalue weighted by Crippen LogP contribution is 2.23. The molecule has 0 fully saturated rings. The van der Waals surface area contributed by atoms with Gasteiger partial charge in [-0.15, -0.1) is 11.8 Å². The summed E-state index contributed by atoms with van der Waals surface area (Å²) in [4.78, 5) is 16.0. The van der Waals surface area contributed by atoms with Crippen LogP contribution in [-0.4, -0.2) is 21.1 Å². The molecule has 0 atom stereocenters. The molecule has 0 bridgehead atoms. The van der Waals surface area contributed by atoms with Crippen molar-refractivity contribution in [3.05, 3.63) is 42.0 Å². The number of carbonyl (C=O) groups is 1. The first-order valence-corrected chi connectivity index (χ1v) is 6.75. The van der Waals surface area contributed by atoms with Crippen LogP contribution in [0.3, 0.4) is 0 Å². The van der Waals surface area contributed by atoms with E-state index in [9.17, 15) is 4.79 Å². The van der Waals surface area contributed by atoms with Crippen molar-refractivity contribution in [1.29, 1.82) is 0 Å². The van der Waals surface area contributed by atoms with E-state index >= 15 is 0 Å². The van der Waals surface area contributed by atoms with Crippen LogP contribution in [0.25, 0.3) is 0 Å². The van der Waals surface area contributed by atoms with E-state index in [1.165, 1.54) is 0 Å². The van der Waals surface area contributed by atoms with Gasteiger partial charge >= 0.3 is 0 Å². The van der Waals surface area contributed by atoms with E-state index in [1.54, 1.807) is 24.2 Å². The van der Waals surface area contributed by atoms with E-state index in [2.05, 4.69) is 23.9 Å². The zero-order chi connectivity index (χ0) is 13.0. The molecular formula is C13H15N3OS. The quantitative estimate of drug-likeness (QED) is 0.613. The third kappa shape index (κ3) is 2.98. The van der Waals surface area contributed by atoms with Crippen molar-refractivity contribution in [1.82, 2.24) is 14.8 Å². The molecule has 1 aromatic carbocycles. The zero-order valence-electron chi connectivity index (χ0n) is 10.4. The van der Waals surface area contributed by atoms with Crippen LogP contribution < -0.4 is 0 Å². The summed E-state index contributed by atoms with van der Waals surface area (Å²) in [7, 11) is 0. The summed E-state index contributed by atoms with van der Waals surface area (Å²) in [6.07, 6.45) is 2.44. The lowest BCUT2D eigenvalue weighted by Gasteiger charge is -2.09. The first kappa shape index (κ1) is 12.8. The van der Waals surface area contributed by atoms with Crippen molar-refractivity contribution in [3.63, 3.8) is 0 Å². The molecule has 94 valence electrons. The predicted octanol–water partition coefficient (Wildman–Crippen LogP) is 2.96. The minimum absolute atomic E-state index is 0.310. The van der Waals surface area contributed by atoms with Crippen LogP contribution in [0.4, 0.5) is 0 Å². The Labute approximate surface area is 110 Å². The second-order valence-electron chi connectivity index (χ2n) is 4.19. The molecule has 0 radical (unpaired) electrons. The van der Waals surface area contributed by atoms with Crippen molar-refractivity contribution in [3.8, 4) is 0 Å². The SMILES string of the molecule is CC(C)n1ncnc1CSc1cccc(C=O)c1. The standard InChI is InChI=1S/C13H15N3OS/c1-10(2)16-13(14-9-15-16)8-18-12-5-3-4-11(6-12)7-17/h3-7,9-10H,8H2,1-2H3. The Morgan fingerprint density at radius 2 is 2.28 bits per heavy atom. The third-order valence-electron chi connectivity index (χ3n) is 2.50. The predicted molar refractivity (Wildman–Crippen MR) is 71.8 cm³/mol. The maximum absolute atomic E-state index is 10.7. The van der Waals surface area contributed by atoms with Gasteiger partial charge in [-0.3, -0.25) is 4.79 Å². The van der Waals surface area contributed by atoms with Gasteiger partial charge in [-0.05, 0) is 26.0 Å². The van der Waals surface area contributed by atoms with Gasteiger partial charge in [0.25, 0.3) is 0 Å². The monoisotopic (exact) mass is 261 g/mol. The summed E-state index contributed by atoms with van der Waals surface area (Å²) >= 11 is 1.66. The highest BCUT2D eigenvalue weighted by Gasteiger charge is 2.07. The van der Waals surface area contributed by atoms with Crippen LogP contribution in [0.5, 0.6) is 0 Å². The number of benzene rings is 1. The Hall–Kier alpha value is -1.62. The van der Waals surface area contributed by atoms with Crippen LogP contribution in [0.1, 0.15) is 36.1 Å². The van der Waals surface area contributed by atoms with E-state index in [4.69, 9.17) is 0 Å². The van der Waals surface area contributed by atoms with Crippen LogP contribution in [0.2, 0.25) is 0 Å². The average Bonchev–Trinajstić information content (AvgIpc) is 2.85. The molecule has 0 spiro atoms. The number of thioether (sulfide) groups is 1. The highest BCUT2D eigenvalue weighted by atomic mass is 32.2. The molecule has 0 saturated carbocycles. The number of aldehydes is 1. The Balaban J connectivity index is 2.06. The molecule has 4 nitrogen and oxygen atoms in total. The lowest BCUT2D eigenvalue weighted by molar-refractivity contribution is 0.112. The topological polar surface area (TPSA) is 47.8 Å². The summed E-state index contributed by atoms with van der Waals surface area (Å²) in [5.74, 6) is 1.70. The number of aromatic nitrogens is 3. The third-order valence-corrected chi connectivity index (χ3v) is 3.49. The van der Waals surface area contributed by atoms with E-state index in [0.29, 0.717) is 11.6 Å². The summed E-state index contributed by atoms with van der Waals surface area (Å²) in [5.41, 5.74) is 0.699. The van der Waals surface area contributed by atoms with Gasteiger partial charge in [0.15, 0.2) is 0 Å². The Morgan fingerprint density at radius 1 is 1.44 bits per heavy atom. The number of carbonyl (C=O) groups excluding carboxylic acids is 1. The first-order chi connectivity index (χ1) is 8.70. The van der Waals surface area contributed by atoms with Gasteiger partial charge in [0.1, 0.15) is 18.4 Å². The Morgan fingerprint density at radius 3 is 3.00 bits per heavy atom. The van der Waals surface area contributed by atoms with Crippen molar-refractivity contribution in [2.45, 2.75) is 30.5 Å². The van der Waals surface area contributed by atoms with E-state index in [0.717, 1.165) is 22.8 Å². The Bertz CT molecular complexity index is 537. The minimum Gasteiger partial charge on any atom is -0.298 e. The number of nitrogens with zero attached hydrogens (tertiary/aromatic N) is 3. The fourth-order valence-electron chi connectivity index (χ4n) is 1.63. The molecule has 0 aliphatic rings. The lowest BCUT2D eigenvalue weighted by Crippen LogP contribution is -2.07. The number of hydrogen-bond acceptors (Lipinski definition) is 4. The fourth-order valence-corrected chi connectivity index (χ4v) is 2.53. The smallest absolute Gasteiger partial charge is 0.150 e. The molecule has 0 N–H and O–H groups in total. The maximum Gasteiger partial charge on any atom is 0.150 e. The fraction of sp³-hybridized carbons (Fsp3) is 0.308. The molecule has 2 rings (SSSR count). The summed E-state index contributed by atoms with van der Waals surface area (Å²) in [6.45, 7) is 4.16. The molecule has 18 heavy (non-hydrogen) atoms. The molecule has 5 heteroatoms. The van der Waals surface area contributed by atoms with Gasteiger partial charge in [-0.1, -0.05) is 12.1 Å². The molecule has 0 saturated heterocycles. The van der Waals surface area contributed by atoms with Crippen molar-refractivity contribution in [2.24, 2.45) is 0 Å². The largest absolute Gasteiger partial charge is 0.298 e. The van der Waals surface area contributed by atoms with E-state index in [-0.39, 0.29) is 0 Å². The number of rotatable bonds is 5. The van der Waals surface area contributed by atoms with Crippen molar-refractivity contribution in [2.75, 3.05) is 0 Å². The van der Waals surface area contributed by atoms with Gasteiger partial charge in [-0.2, -0.15) is 5.10 Å². The molecular weight excluding hydrogens is 246 g/mol. The van der Waals surface area contributed by atoms with Crippen LogP contribution in [0.15, 0.2) is 35.5 Å². The minimum atomic E-state index is 0.310. The molecule has 0 amide bonds. The van der Waals surface area contributed by atoms with Gasteiger partial charge in [-0.25, -0.2) is 9.67 Å². The van der Waals surface area contributed by atoms with Gasteiger partial charge in [0, 0.05) is 16.5 Å². The van der Waals surface area contributed by atoms with Crippen molar-refractivity contribution < 1.29 is 4.79 Å². The summed E-state index contributed by atoms with van der Waals surface area (Å²) < 4.78 is 1.91. The van der Waals surface area contributed by atoms with Gasteiger partial charge in [0.2, 0.25) is 0 Å². The van der Waals surface area contributed by atoms with E-state index < -0.39 is 0 Å². The van der Waals surface area contributed by atoms with Gasteiger partial charge < -0.3 is 0 Å². The molecule has 0 aliphatic carbocycles. The molecule has 1 heterocycles. The molecule has 0 unspecified atom stereocenters. The normalized spacial score (nSPS) is 10.8. The van der Waals surface area contributed by atoms with Crippen LogP contribution >= 0.6 is 11.8 Å². The average molecular weight is 261 g/mol. The van der Waals surface area contributed by atoms with E-state index in [1.807, 2.05) is 22.9 Å². The molecule has 0 aliphatic heterocycles.